The quantitative estimate of drug-likeness (QED) is 0.617. The van der Waals surface area contributed by atoms with Crippen LogP contribution in [0.25, 0.3) is 6.08 Å². The Morgan fingerprint density at radius 3 is 2.17 bits per heavy atom. The van der Waals surface area contributed by atoms with Gasteiger partial charge in [-0.25, -0.2) is 0 Å². The minimum absolute atomic E-state index is 0.0166. The van der Waals surface area contributed by atoms with Crippen molar-refractivity contribution in [3.8, 4) is 0 Å². The number of benzene rings is 2. The fourth-order valence-corrected chi connectivity index (χ4v) is 2.43. The molecule has 2 rings (SSSR count). The third kappa shape index (κ3) is 5.51. The van der Waals surface area contributed by atoms with Crippen molar-refractivity contribution in [2.45, 2.75) is 27.2 Å². The van der Waals surface area contributed by atoms with Crippen LogP contribution in [0.15, 0.2) is 54.6 Å². The summed E-state index contributed by atoms with van der Waals surface area (Å²) in [5.41, 5.74) is 3.59. The van der Waals surface area contributed by atoms with Crippen molar-refractivity contribution in [3.63, 3.8) is 0 Å². The van der Waals surface area contributed by atoms with E-state index in [9.17, 15) is 9.59 Å². The molecule has 0 aliphatic rings. The molecule has 0 atom stereocenters. The van der Waals surface area contributed by atoms with E-state index in [-0.39, 0.29) is 11.7 Å². The number of allylic oxidation sites excluding steroid dienone is 1. The van der Waals surface area contributed by atoms with Gasteiger partial charge < -0.3 is 5.32 Å². The van der Waals surface area contributed by atoms with Crippen LogP contribution in [0, 0.1) is 5.92 Å². The zero-order valence-corrected chi connectivity index (χ0v) is 14.4. The molecule has 1 amide bonds. The number of ketones is 1. The van der Waals surface area contributed by atoms with Gasteiger partial charge in [-0.1, -0.05) is 56.3 Å². The predicted molar refractivity (Wildman–Crippen MR) is 99.1 cm³/mol. The van der Waals surface area contributed by atoms with Crippen LogP contribution in [0.4, 0.5) is 5.69 Å². The number of nitrogens with one attached hydrogen (secondary N) is 1. The molecule has 0 saturated heterocycles. The topological polar surface area (TPSA) is 46.2 Å². The number of carbonyl (C=O) groups excluding carboxylic acids is 2. The van der Waals surface area contributed by atoms with Crippen LogP contribution in [0.3, 0.4) is 0 Å². The summed E-state index contributed by atoms with van der Waals surface area (Å²) in [5.74, 6) is 0.485. The zero-order valence-electron chi connectivity index (χ0n) is 14.4. The van der Waals surface area contributed by atoms with Gasteiger partial charge in [0.05, 0.1) is 0 Å². The standard InChI is InChI=1S/C21H23NO2/c1-15(2)14-18-4-9-19(10-5-18)21(24)13-8-17-6-11-20(12-7-17)22-16(3)23/h4-13,15H,14H2,1-3H3,(H,22,23). The molecule has 2 aromatic rings. The molecule has 0 aromatic heterocycles. The van der Waals surface area contributed by atoms with E-state index in [2.05, 4.69) is 19.2 Å². The van der Waals surface area contributed by atoms with Crippen molar-refractivity contribution in [1.82, 2.24) is 0 Å². The van der Waals surface area contributed by atoms with Crippen LogP contribution >= 0.6 is 0 Å². The SMILES string of the molecule is CC(=O)Nc1ccc(C=CC(=O)c2ccc(CC(C)C)cc2)cc1. The molecule has 0 fully saturated rings. The molecular weight excluding hydrogens is 298 g/mol. The summed E-state index contributed by atoms with van der Waals surface area (Å²) in [6.45, 7) is 5.83. The molecule has 0 heterocycles. The van der Waals surface area contributed by atoms with E-state index in [1.54, 1.807) is 12.2 Å². The summed E-state index contributed by atoms with van der Waals surface area (Å²) in [4.78, 5) is 23.2. The van der Waals surface area contributed by atoms with E-state index < -0.39 is 0 Å². The number of hydrogen-bond acceptors (Lipinski definition) is 2. The third-order valence-electron chi connectivity index (χ3n) is 3.54. The Balaban J connectivity index is 2.00. The summed E-state index contributed by atoms with van der Waals surface area (Å²) in [7, 11) is 0. The lowest BCUT2D eigenvalue weighted by molar-refractivity contribution is -0.114. The molecule has 1 N–H and O–H groups in total. The lowest BCUT2D eigenvalue weighted by atomic mass is 10.0. The molecule has 0 aliphatic heterocycles. The van der Waals surface area contributed by atoms with Gasteiger partial charge in [-0.15, -0.1) is 0 Å². The monoisotopic (exact) mass is 321 g/mol. The molecule has 124 valence electrons. The van der Waals surface area contributed by atoms with Gasteiger partial charge in [-0.2, -0.15) is 0 Å². The van der Waals surface area contributed by atoms with E-state index in [1.807, 2.05) is 48.5 Å². The van der Waals surface area contributed by atoms with E-state index in [0.717, 1.165) is 17.7 Å². The molecule has 24 heavy (non-hydrogen) atoms. The van der Waals surface area contributed by atoms with Crippen molar-refractivity contribution in [1.29, 1.82) is 0 Å². The minimum Gasteiger partial charge on any atom is -0.326 e. The average Bonchev–Trinajstić information content (AvgIpc) is 2.53. The first-order valence-corrected chi connectivity index (χ1v) is 8.13. The molecule has 0 spiro atoms. The van der Waals surface area contributed by atoms with Crippen LogP contribution in [0.5, 0.6) is 0 Å². The van der Waals surface area contributed by atoms with Gasteiger partial charge in [0.2, 0.25) is 5.91 Å². The smallest absolute Gasteiger partial charge is 0.221 e. The van der Waals surface area contributed by atoms with Crippen LogP contribution in [-0.2, 0) is 11.2 Å². The zero-order chi connectivity index (χ0) is 17.5. The van der Waals surface area contributed by atoms with Gasteiger partial charge >= 0.3 is 0 Å². The summed E-state index contributed by atoms with van der Waals surface area (Å²) in [5, 5.41) is 2.71. The van der Waals surface area contributed by atoms with Crippen LogP contribution < -0.4 is 5.32 Å². The van der Waals surface area contributed by atoms with E-state index in [4.69, 9.17) is 0 Å². The van der Waals surface area contributed by atoms with E-state index in [1.165, 1.54) is 12.5 Å². The van der Waals surface area contributed by atoms with Crippen LogP contribution in [-0.4, -0.2) is 11.7 Å². The molecule has 0 aliphatic carbocycles. The predicted octanol–water partition coefficient (Wildman–Crippen LogP) is 4.74. The van der Waals surface area contributed by atoms with Crippen molar-refractivity contribution in [2.75, 3.05) is 5.32 Å². The summed E-state index contributed by atoms with van der Waals surface area (Å²) >= 11 is 0. The van der Waals surface area contributed by atoms with Crippen molar-refractivity contribution < 1.29 is 9.59 Å². The number of hydrogen-bond donors (Lipinski definition) is 1. The second-order valence-electron chi connectivity index (χ2n) is 6.30. The van der Waals surface area contributed by atoms with Gasteiger partial charge in [-0.3, -0.25) is 9.59 Å². The Labute approximate surface area is 143 Å². The molecular formula is C21H23NO2. The molecule has 0 unspecified atom stereocenters. The molecule has 3 heteroatoms. The summed E-state index contributed by atoms with van der Waals surface area (Å²) in [6.07, 6.45) is 4.37. The van der Waals surface area contributed by atoms with Crippen molar-refractivity contribution >= 4 is 23.5 Å². The lowest BCUT2D eigenvalue weighted by Crippen LogP contribution is -2.05. The summed E-state index contributed by atoms with van der Waals surface area (Å²) < 4.78 is 0. The van der Waals surface area contributed by atoms with Crippen molar-refractivity contribution in [2.24, 2.45) is 5.92 Å². The van der Waals surface area contributed by atoms with Crippen molar-refractivity contribution in [3.05, 3.63) is 71.3 Å². The molecule has 0 radical (unpaired) electrons. The minimum atomic E-state index is -0.102. The Bertz CT molecular complexity index is 725. The fourth-order valence-electron chi connectivity index (χ4n) is 2.43. The highest BCUT2D eigenvalue weighted by Crippen LogP contribution is 2.13. The fraction of sp³-hybridized carbons (Fsp3) is 0.238. The normalized spacial score (nSPS) is 11.0. The Kier molecular flexibility index (Phi) is 6.07. The molecule has 0 saturated carbocycles. The Morgan fingerprint density at radius 2 is 1.62 bits per heavy atom. The highest BCUT2D eigenvalue weighted by atomic mass is 16.1. The van der Waals surface area contributed by atoms with Gasteiger partial charge in [0, 0.05) is 18.2 Å². The lowest BCUT2D eigenvalue weighted by Gasteiger charge is -2.05. The van der Waals surface area contributed by atoms with Gasteiger partial charge in [0.15, 0.2) is 5.78 Å². The highest BCUT2D eigenvalue weighted by molar-refractivity contribution is 6.06. The first kappa shape index (κ1) is 17.7. The third-order valence-corrected chi connectivity index (χ3v) is 3.54. The maximum absolute atomic E-state index is 12.2. The summed E-state index contributed by atoms with van der Waals surface area (Å²) in [6, 6.07) is 15.1. The van der Waals surface area contributed by atoms with Crippen LogP contribution in [0.2, 0.25) is 0 Å². The Morgan fingerprint density at radius 1 is 1.00 bits per heavy atom. The molecule has 0 bridgehead atoms. The number of amides is 1. The van der Waals surface area contributed by atoms with Gasteiger partial charge in [0.1, 0.15) is 0 Å². The molecule has 2 aromatic carbocycles. The van der Waals surface area contributed by atoms with E-state index >= 15 is 0 Å². The molecule has 3 nitrogen and oxygen atoms in total. The maximum Gasteiger partial charge on any atom is 0.221 e. The average molecular weight is 321 g/mol. The van der Waals surface area contributed by atoms with E-state index in [0.29, 0.717) is 11.5 Å². The Hall–Kier alpha value is -2.68. The number of anilines is 1. The second kappa shape index (κ2) is 8.25. The number of carbonyl (C=O) groups is 2. The highest BCUT2D eigenvalue weighted by Gasteiger charge is 2.03. The van der Waals surface area contributed by atoms with Gasteiger partial charge in [0.25, 0.3) is 0 Å². The maximum atomic E-state index is 12.2. The first-order valence-electron chi connectivity index (χ1n) is 8.13. The first-order chi connectivity index (χ1) is 11.4. The van der Waals surface area contributed by atoms with Crippen LogP contribution in [0.1, 0.15) is 42.3 Å². The van der Waals surface area contributed by atoms with Gasteiger partial charge in [-0.05, 0) is 41.7 Å². The second-order valence-corrected chi connectivity index (χ2v) is 6.30. The largest absolute Gasteiger partial charge is 0.326 e. The number of rotatable bonds is 6.